The molecular weight excluding hydrogens is 254 g/mol. The van der Waals surface area contributed by atoms with Crippen LogP contribution >= 0.6 is 0 Å². The van der Waals surface area contributed by atoms with Crippen molar-refractivity contribution in [2.75, 3.05) is 0 Å². The standard InChI is InChI=1S/C12H17NO6/c1-12(2,3)19-11(17)13-8-6(9(14)15)4-5-7(8)18-10(13)16/h6-8H,4-5H2,1-3H3,(H,14,15)/t6?,7-,8+/m1/s1. The number of rotatable bonds is 1. The van der Waals surface area contributed by atoms with Gasteiger partial charge in [-0.2, -0.15) is 0 Å². The molecule has 2 fully saturated rings. The molecule has 2 rings (SSSR count). The lowest BCUT2D eigenvalue weighted by molar-refractivity contribution is -0.142. The van der Waals surface area contributed by atoms with E-state index in [-0.39, 0.29) is 0 Å². The Morgan fingerprint density at radius 3 is 2.53 bits per heavy atom. The fourth-order valence-electron chi connectivity index (χ4n) is 2.50. The molecule has 1 aliphatic heterocycles. The Kier molecular flexibility index (Phi) is 3.15. The monoisotopic (exact) mass is 271 g/mol. The molecule has 19 heavy (non-hydrogen) atoms. The minimum absolute atomic E-state index is 0.386. The van der Waals surface area contributed by atoms with E-state index < -0.39 is 41.8 Å². The van der Waals surface area contributed by atoms with Crippen LogP contribution in [-0.4, -0.2) is 45.9 Å². The third kappa shape index (κ3) is 2.50. The molecule has 0 aromatic rings. The average Bonchev–Trinajstić information content (AvgIpc) is 2.71. The van der Waals surface area contributed by atoms with Crippen LogP contribution in [0.4, 0.5) is 9.59 Å². The number of carbonyl (C=O) groups is 3. The van der Waals surface area contributed by atoms with Crippen molar-refractivity contribution in [1.29, 1.82) is 0 Å². The molecule has 1 aliphatic carbocycles. The van der Waals surface area contributed by atoms with Crippen LogP contribution in [0.15, 0.2) is 0 Å². The van der Waals surface area contributed by atoms with Gasteiger partial charge in [-0.05, 0) is 33.6 Å². The molecule has 7 nitrogen and oxygen atoms in total. The molecule has 2 amide bonds. The number of fused-ring (bicyclic) bond motifs is 1. The van der Waals surface area contributed by atoms with Gasteiger partial charge in [0.05, 0.1) is 12.0 Å². The molecule has 106 valence electrons. The summed E-state index contributed by atoms with van der Waals surface area (Å²) >= 11 is 0. The first kappa shape index (κ1) is 13.6. The Hall–Kier alpha value is -1.79. The maximum absolute atomic E-state index is 12.0. The first-order valence-corrected chi connectivity index (χ1v) is 6.16. The third-order valence-corrected chi connectivity index (χ3v) is 3.21. The molecule has 3 atom stereocenters. The second kappa shape index (κ2) is 4.40. The highest BCUT2D eigenvalue weighted by atomic mass is 16.6. The molecule has 0 spiro atoms. The molecular formula is C12H17NO6. The van der Waals surface area contributed by atoms with Crippen molar-refractivity contribution in [1.82, 2.24) is 4.90 Å². The lowest BCUT2D eigenvalue weighted by Gasteiger charge is -2.26. The minimum Gasteiger partial charge on any atom is -0.481 e. The molecule has 1 unspecified atom stereocenters. The summed E-state index contributed by atoms with van der Waals surface area (Å²) < 4.78 is 10.2. The summed E-state index contributed by atoms with van der Waals surface area (Å²) in [5, 5.41) is 9.13. The first-order chi connectivity index (χ1) is 8.70. The molecule has 7 heteroatoms. The van der Waals surface area contributed by atoms with Gasteiger partial charge in [0.15, 0.2) is 0 Å². The number of carboxylic acid groups (broad SMARTS) is 1. The first-order valence-electron chi connectivity index (χ1n) is 6.16. The Balaban J connectivity index is 2.20. The molecule has 0 aromatic heterocycles. The molecule has 1 N–H and O–H groups in total. The van der Waals surface area contributed by atoms with E-state index in [9.17, 15) is 14.4 Å². The summed E-state index contributed by atoms with van der Waals surface area (Å²) in [7, 11) is 0. The van der Waals surface area contributed by atoms with E-state index in [1.165, 1.54) is 0 Å². The normalized spacial score (nSPS) is 29.9. The number of ether oxygens (including phenoxy) is 2. The fourth-order valence-corrected chi connectivity index (χ4v) is 2.50. The van der Waals surface area contributed by atoms with Crippen molar-refractivity contribution in [3.63, 3.8) is 0 Å². The van der Waals surface area contributed by atoms with E-state index in [2.05, 4.69) is 0 Å². The van der Waals surface area contributed by atoms with Crippen molar-refractivity contribution in [2.24, 2.45) is 5.92 Å². The fraction of sp³-hybridized carbons (Fsp3) is 0.750. The number of carboxylic acids is 1. The van der Waals surface area contributed by atoms with E-state index in [1.807, 2.05) is 0 Å². The molecule has 0 radical (unpaired) electrons. The van der Waals surface area contributed by atoms with Gasteiger partial charge in [-0.15, -0.1) is 0 Å². The van der Waals surface area contributed by atoms with Gasteiger partial charge in [0, 0.05) is 0 Å². The largest absolute Gasteiger partial charge is 0.481 e. The van der Waals surface area contributed by atoms with Gasteiger partial charge in [-0.25, -0.2) is 14.5 Å². The van der Waals surface area contributed by atoms with Crippen LogP contribution < -0.4 is 0 Å². The molecule has 1 heterocycles. The molecule has 2 aliphatic rings. The van der Waals surface area contributed by atoms with Crippen LogP contribution in [0, 0.1) is 5.92 Å². The van der Waals surface area contributed by atoms with Crippen molar-refractivity contribution in [2.45, 2.75) is 51.4 Å². The zero-order chi connectivity index (χ0) is 14.4. The maximum atomic E-state index is 12.0. The van der Waals surface area contributed by atoms with Crippen LogP contribution in [0.5, 0.6) is 0 Å². The lowest BCUT2D eigenvalue weighted by Crippen LogP contribution is -2.47. The third-order valence-electron chi connectivity index (χ3n) is 3.21. The summed E-state index contributed by atoms with van der Waals surface area (Å²) in [6, 6.07) is -0.764. The number of aliphatic carboxylic acids is 1. The van der Waals surface area contributed by atoms with Crippen LogP contribution in [0.2, 0.25) is 0 Å². The Bertz CT molecular complexity index is 426. The highest BCUT2D eigenvalue weighted by Crippen LogP contribution is 2.38. The summed E-state index contributed by atoms with van der Waals surface area (Å²) in [6.07, 6.45) is -1.38. The average molecular weight is 271 g/mol. The number of imide groups is 1. The predicted octanol–water partition coefficient (Wildman–Crippen LogP) is 1.61. The van der Waals surface area contributed by atoms with Gasteiger partial charge in [0.25, 0.3) is 0 Å². The van der Waals surface area contributed by atoms with E-state index in [0.29, 0.717) is 12.8 Å². The van der Waals surface area contributed by atoms with Gasteiger partial charge in [-0.3, -0.25) is 4.79 Å². The number of hydrogen-bond acceptors (Lipinski definition) is 5. The Morgan fingerprint density at radius 2 is 2.00 bits per heavy atom. The van der Waals surface area contributed by atoms with E-state index >= 15 is 0 Å². The van der Waals surface area contributed by atoms with Crippen molar-refractivity contribution < 1.29 is 29.0 Å². The van der Waals surface area contributed by atoms with Crippen LogP contribution in [0.3, 0.4) is 0 Å². The lowest BCUT2D eigenvalue weighted by atomic mass is 10.0. The van der Waals surface area contributed by atoms with Gasteiger partial charge < -0.3 is 14.6 Å². The summed E-state index contributed by atoms with van der Waals surface area (Å²) in [4.78, 5) is 35.7. The number of amides is 2. The van der Waals surface area contributed by atoms with Gasteiger partial charge >= 0.3 is 18.2 Å². The van der Waals surface area contributed by atoms with Gasteiger partial charge in [0.1, 0.15) is 11.7 Å². The van der Waals surface area contributed by atoms with E-state index in [0.717, 1.165) is 4.90 Å². The highest BCUT2D eigenvalue weighted by molar-refractivity contribution is 5.91. The topological polar surface area (TPSA) is 93.1 Å². The van der Waals surface area contributed by atoms with Crippen molar-refractivity contribution >= 4 is 18.2 Å². The zero-order valence-corrected chi connectivity index (χ0v) is 11.1. The number of hydrogen-bond donors (Lipinski definition) is 1. The molecule has 0 aromatic carbocycles. The van der Waals surface area contributed by atoms with Crippen LogP contribution in [0.1, 0.15) is 33.6 Å². The SMILES string of the molecule is CC(C)(C)OC(=O)N1C(=O)O[C@@H]2CCC(C(=O)O)[C@@H]21. The number of nitrogens with zero attached hydrogens (tertiary/aromatic N) is 1. The second-order valence-corrected chi connectivity index (χ2v) is 5.79. The van der Waals surface area contributed by atoms with E-state index in [4.69, 9.17) is 14.6 Å². The van der Waals surface area contributed by atoms with E-state index in [1.54, 1.807) is 20.8 Å². The highest BCUT2D eigenvalue weighted by Gasteiger charge is 2.56. The Labute approximate surface area is 110 Å². The summed E-state index contributed by atoms with van der Waals surface area (Å²) in [5.41, 5.74) is -0.757. The predicted molar refractivity (Wildman–Crippen MR) is 62.5 cm³/mol. The molecule has 0 bridgehead atoms. The number of carbonyl (C=O) groups excluding carboxylic acids is 2. The summed E-state index contributed by atoms with van der Waals surface area (Å²) in [5.74, 6) is -1.82. The molecule has 1 saturated carbocycles. The maximum Gasteiger partial charge on any atom is 0.420 e. The van der Waals surface area contributed by atoms with Crippen LogP contribution in [0.25, 0.3) is 0 Å². The minimum atomic E-state index is -1.03. The second-order valence-electron chi connectivity index (χ2n) is 5.79. The van der Waals surface area contributed by atoms with Crippen LogP contribution in [-0.2, 0) is 14.3 Å². The smallest absolute Gasteiger partial charge is 0.420 e. The van der Waals surface area contributed by atoms with Crippen molar-refractivity contribution in [3.8, 4) is 0 Å². The van der Waals surface area contributed by atoms with Gasteiger partial charge in [-0.1, -0.05) is 0 Å². The molecule has 1 saturated heterocycles. The Morgan fingerprint density at radius 1 is 1.37 bits per heavy atom. The zero-order valence-electron chi connectivity index (χ0n) is 11.1. The quantitative estimate of drug-likeness (QED) is 0.778. The van der Waals surface area contributed by atoms with Gasteiger partial charge in [0.2, 0.25) is 0 Å². The van der Waals surface area contributed by atoms with Crippen molar-refractivity contribution in [3.05, 3.63) is 0 Å². The summed E-state index contributed by atoms with van der Waals surface area (Å²) in [6.45, 7) is 5.02.